The van der Waals surface area contributed by atoms with Gasteiger partial charge in [0.25, 0.3) is 0 Å². The number of esters is 1. The standard InChI is InChI=1S/C19H19NO4/c1-13-3-5-15(6-4-13)11-19(23)24-12-18(22)16-7-9-17(10-8-16)20-14(2)21/h3-10H,11-12H2,1-2H3,(H,20,21). The average molecular weight is 325 g/mol. The second-order valence-corrected chi connectivity index (χ2v) is 5.50. The molecule has 0 saturated heterocycles. The van der Waals surface area contributed by atoms with Gasteiger partial charge in [-0.1, -0.05) is 29.8 Å². The van der Waals surface area contributed by atoms with Gasteiger partial charge in [-0.05, 0) is 36.8 Å². The van der Waals surface area contributed by atoms with E-state index in [1.54, 1.807) is 24.3 Å². The van der Waals surface area contributed by atoms with Crippen LogP contribution in [-0.2, 0) is 20.7 Å². The summed E-state index contributed by atoms with van der Waals surface area (Å²) in [7, 11) is 0. The predicted molar refractivity (Wildman–Crippen MR) is 90.9 cm³/mol. The molecular formula is C19H19NO4. The lowest BCUT2D eigenvalue weighted by Crippen LogP contribution is -2.15. The Morgan fingerprint density at radius 3 is 2.17 bits per heavy atom. The van der Waals surface area contributed by atoms with E-state index in [0.717, 1.165) is 11.1 Å². The van der Waals surface area contributed by atoms with E-state index >= 15 is 0 Å². The van der Waals surface area contributed by atoms with Gasteiger partial charge in [-0.2, -0.15) is 0 Å². The molecule has 0 atom stereocenters. The van der Waals surface area contributed by atoms with E-state index in [2.05, 4.69) is 5.32 Å². The Kier molecular flexibility index (Phi) is 5.84. The molecule has 0 aliphatic carbocycles. The molecule has 5 heteroatoms. The van der Waals surface area contributed by atoms with E-state index in [4.69, 9.17) is 4.74 Å². The highest BCUT2D eigenvalue weighted by atomic mass is 16.5. The third-order valence-corrected chi connectivity index (χ3v) is 3.36. The van der Waals surface area contributed by atoms with Gasteiger partial charge in [-0.25, -0.2) is 0 Å². The first-order chi connectivity index (χ1) is 11.4. The predicted octanol–water partition coefficient (Wildman–Crippen LogP) is 2.92. The van der Waals surface area contributed by atoms with Crippen molar-refractivity contribution in [1.82, 2.24) is 0 Å². The fraction of sp³-hybridized carbons (Fsp3) is 0.211. The molecule has 0 heterocycles. The Morgan fingerprint density at radius 1 is 0.958 bits per heavy atom. The number of carbonyl (C=O) groups excluding carboxylic acids is 3. The van der Waals surface area contributed by atoms with Crippen molar-refractivity contribution in [1.29, 1.82) is 0 Å². The number of carbonyl (C=O) groups is 3. The monoisotopic (exact) mass is 325 g/mol. The van der Waals surface area contributed by atoms with Crippen molar-refractivity contribution in [3.8, 4) is 0 Å². The molecule has 1 N–H and O–H groups in total. The molecule has 0 fully saturated rings. The molecule has 0 aliphatic heterocycles. The zero-order valence-electron chi connectivity index (χ0n) is 13.7. The van der Waals surface area contributed by atoms with Gasteiger partial charge in [0.15, 0.2) is 12.4 Å². The molecule has 0 radical (unpaired) electrons. The maximum absolute atomic E-state index is 12.0. The second kappa shape index (κ2) is 8.06. The maximum Gasteiger partial charge on any atom is 0.310 e. The number of amides is 1. The number of ketones is 1. The first-order valence-electron chi connectivity index (χ1n) is 7.56. The van der Waals surface area contributed by atoms with Crippen LogP contribution in [0.3, 0.4) is 0 Å². The summed E-state index contributed by atoms with van der Waals surface area (Å²) < 4.78 is 5.03. The molecule has 2 rings (SSSR count). The molecule has 0 unspecified atom stereocenters. The molecule has 2 aromatic rings. The fourth-order valence-electron chi connectivity index (χ4n) is 2.10. The van der Waals surface area contributed by atoms with Crippen molar-refractivity contribution in [3.63, 3.8) is 0 Å². The Bertz CT molecular complexity index is 733. The highest BCUT2D eigenvalue weighted by Crippen LogP contribution is 2.10. The van der Waals surface area contributed by atoms with Gasteiger partial charge in [0.05, 0.1) is 6.42 Å². The largest absolute Gasteiger partial charge is 0.457 e. The van der Waals surface area contributed by atoms with Crippen LogP contribution in [0.25, 0.3) is 0 Å². The van der Waals surface area contributed by atoms with Crippen LogP contribution in [0.2, 0.25) is 0 Å². The SMILES string of the molecule is CC(=O)Nc1ccc(C(=O)COC(=O)Cc2ccc(C)cc2)cc1. The second-order valence-electron chi connectivity index (χ2n) is 5.50. The molecular weight excluding hydrogens is 306 g/mol. The van der Waals surface area contributed by atoms with Crippen LogP contribution in [0.5, 0.6) is 0 Å². The van der Waals surface area contributed by atoms with Gasteiger partial charge >= 0.3 is 5.97 Å². The Morgan fingerprint density at radius 2 is 1.58 bits per heavy atom. The molecule has 0 aliphatic rings. The fourth-order valence-corrected chi connectivity index (χ4v) is 2.10. The van der Waals surface area contributed by atoms with Gasteiger partial charge in [0.2, 0.25) is 5.91 Å². The Hall–Kier alpha value is -2.95. The number of hydrogen-bond acceptors (Lipinski definition) is 4. The van der Waals surface area contributed by atoms with Crippen LogP contribution in [0.15, 0.2) is 48.5 Å². The van der Waals surface area contributed by atoms with Crippen molar-refractivity contribution in [2.24, 2.45) is 0 Å². The summed E-state index contributed by atoms with van der Waals surface area (Å²) in [6, 6.07) is 14.0. The number of hydrogen-bond donors (Lipinski definition) is 1. The normalized spacial score (nSPS) is 10.1. The number of ether oxygens (including phenoxy) is 1. The minimum absolute atomic E-state index is 0.134. The Labute approximate surface area is 140 Å². The summed E-state index contributed by atoms with van der Waals surface area (Å²) >= 11 is 0. The molecule has 0 saturated carbocycles. The summed E-state index contributed by atoms with van der Waals surface area (Å²) in [6.45, 7) is 3.08. The number of aryl methyl sites for hydroxylation is 1. The lowest BCUT2D eigenvalue weighted by atomic mass is 10.1. The van der Waals surface area contributed by atoms with Crippen LogP contribution < -0.4 is 5.32 Å². The summed E-state index contributed by atoms with van der Waals surface area (Å²) in [6.07, 6.45) is 0.134. The third-order valence-electron chi connectivity index (χ3n) is 3.36. The van der Waals surface area contributed by atoms with Crippen molar-refractivity contribution in [3.05, 3.63) is 65.2 Å². The molecule has 2 aromatic carbocycles. The van der Waals surface area contributed by atoms with Gasteiger partial charge in [-0.3, -0.25) is 14.4 Å². The number of rotatable bonds is 6. The summed E-state index contributed by atoms with van der Waals surface area (Å²) in [5, 5.41) is 2.62. The average Bonchev–Trinajstić information content (AvgIpc) is 2.55. The van der Waals surface area contributed by atoms with Gasteiger partial charge in [0.1, 0.15) is 0 Å². The number of nitrogens with one attached hydrogen (secondary N) is 1. The highest BCUT2D eigenvalue weighted by molar-refractivity contribution is 5.98. The minimum atomic E-state index is -0.443. The molecule has 0 bridgehead atoms. The summed E-state index contributed by atoms with van der Waals surface area (Å²) in [4.78, 5) is 34.7. The summed E-state index contributed by atoms with van der Waals surface area (Å²) in [5.41, 5.74) is 2.99. The zero-order valence-corrected chi connectivity index (χ0v) is 13.7. The molecule has 0 aromatic heterocycles. The first kappa shape index (κ1) is 17.4. The van der Waals surface area contributed by atoms with E-state index in [0.29, 0.717) is 11.3 Å². The topological polar surface area (TPSA) is 72.5 Å². The quantitative estimate of drug-likeness (QED) is 0.655. The smallest absolute Gasteiger partial charge is 0.310 e. The van der Waals surface area contributed by atoms with Crippen LogP contribution >= 0.6 is 0 Å². The van der Waals surface area contributed by atoms with Crippen LogP contribution in [0.4, 0.5) is 5.69 Å². The lowest BCUT2D eigenvalue weighted by Gasteiger charge is -2.06. The van der Waals surface area contributed by atoms with Crippen molar-refractivity contribution >= 4 is 23.3 Å². The summed E-state index contributed by atoms with van der Waals surface area (Å²) in [5.74, 6) is -0.914. The minimum Gasteiger partial charge on any atom is -0.457 e. The molecule has 0 spiro atoms. The van der Waals surface area contributed by atoms with E-state index in [1.165, 1.54) is 6.92 Å². The van der Waals surface area contributed by atoms with Crippen LogP contribution in [-0.4, -0.2) is 24.3 Å². The van der Waals surface area contributed by atoms with E-state index in [1.807, 2.05) is 31.2 Å². The maximum atomic E-state index is 12.0. The molecule has 24 heavy (non-hydrogen) atoms. The van der Waals surface area contributed by atoms with E-state index < -0.39 is 5.97 Å². The van der Waals surface area contributed by atoms with Crippen molar-refractivity contribution in [2.75, 3.05) is 11.9 Å². The Balaban J connectivity index is 1.84. The molecule has 1 amide bonds. The van der Waals surface area contributed by atoms with Gasteiger partial charge in [-0.15, -0.1) is 0 Å². The van der Waals surface area contributed by atoms with E-state index in [9.17, 15) is 14.4 Å². The van der Waals surface area contributed by atoms with Crippen molar-refractivity contribution < 1.29 is 19.1 Å². The highest BCUT2D eigenvalue weighted by Gasteiger charge is 2.11. The number of anilines is 1. The molecule has 5 nitrogen and oxygen atoms in total. The lowest BCUT2D eigenvalue weighted by molar-refractivity contribution is -0.141. The number of Topliss-reactive ketones (excluding diaryl/α,β-unsaturated/α-hetero) is 1. The number of benzene rings is 2. The first-order valence-corrected chi connectivity index (χ1v) is 7.56. The zero-order chi connectivity index (χ0) is 17.5. The van der Waals surface area contributed by atoms with Gasteiger partial charge < -0.3 is 10.1 Å². The van der Waals surface area contributed by atoms with Gasteiger partial charge in [0, 0.05) is 18.2 Å². The van der Waals surface area contributed by atoms with E-state index in [-0.39, 0.29) is 24.7 Å². The third kappa shape index (κ3) is 5.35. The van der Waals surface area contributed by atoms with Crippen molar-refractivity contribution in [2.45, 2.75) is 20.3 Å². The van der Waals surface area contributed by atoms with Crippen LogP contribution in [0, 0.1) is 6.92 Å². The molecule has 124 valence electrons. The van der Waals surface area contributed by atoms with Crippen LogP contribution in [0.1, 0.15) is 28.4 Å².